The van der Waals surface area contributed by atoms with Crippen molar-refractivity contribution in [3.63, 3.8) is 0 Å². The Morgan fingerprint density at radius 2 is 0.366 bits per heavy atom. The molecule has 0 heterocycles. The van der Waals surface area contributed by atoms with Crippen LogP contribution in [0.3, 0.4) is 0 Å². The molecule has 0 nitrogen and oxygen atoms in total. The van der Waals surface area contributed by atoms with Crippen LogP contribution in [-0.2, 0) is 16.2 Å². The van der Waals surface area contributed by atoms with E-state index in [-0.39, 0.29) is 16.2 Å². The van der Waals surface area contributed by atoms with Crippen LogP contribution >= 0.6 is 0 Å². The molecule has 0 radical (unpaired) electrons. The lowest BCUT2D eigenvalue weighted by Gasteiger charge is -2.36. The maximum atomic E-state index is 2.75. The average Bonchev–Trinajstić information content (AvgIpc) is 1.59. The molecule has 0 aliphatic heterocycles. The highest BCUT2D eigenvalue weighted by atomic mass is 14.5. The summed E-state index contributed by atoms with van der Waals surface area (Å²) < 4.78 is 0. The molecule has 3 aliphatic rings. The summed E-state index contributed by atoms with van der Waals surface area (Å²) in [6, 6.07) is 60.4. The van der Waals surface area contributed by atoms with Gasteiger partial charge < -0.3 is 0 Å². The molecule has 0 spiro atoms. The fourth-order valence-electron chi connectivity index (χ4n) is 18.7. The van der Waals surface area contributed by atoms with Gasteiger partial charge in [0.15, 0.2) is 0 Å². The molecule has 0 atom stereocenters. The molecule has 0 heteroatoms. The normalized spacial score (nSPS) is 14.3. The Bertz CT molecular complexity index is 2960. The van der Waals surface area contributed by atoms with E-state index in [4.69, 9.17) is 0 Å². The molecule has 0 aromatic heterocycles. The molecule has 3 aliphatic carbocycles. The Morgan fingerprint density at radius 3 is 0.591 bits per heavy atom. The van der Waals surface area contributed by atoms with Crippen molar-refractivity contribution in [3.05, 3.63) is 179 Å². The first-order chi connectivity index (χ1) is 45.9. The first-order valence-electron chi connectivity index (χ1n) is 39.8. The Kier molecular flexibility index (Phi) is 27.3. The van der Waals surface area contributed by atoms with Gasteiger partial charge in [0.25, 0.3) is 0 Å². The van der Waals surface area contributed by atoms with Crippen molar-refractivity contribution in [3.8, 4) is 66.8 Å². The van der Waals surface area contributed by atoms with Crippen molar-refractivity contribution in [1.82, 2.24) is 0 Å². The number of benzene rings is 7. The molecule has 0 bridgehead atoms. The van der Waals surface area contributed by atoms with Gasteiger partial charge >= 0.3 is 0 Å². The van der Waals surface area contributed by atoms with E-state index in [1.807, 2.05) is 0 Å². The second kappa shape index (κ2) is 36.0. The molecule has 10 rings (SSSR count). The van der Waals surface area contributed by atoms with Crippen LogP contribution in [0.25, 0.3) is 66.8 Å². The fourth-order valence-corrected chi connectivity index (χ4v) is 18.7. The fraction of sp³-hybridized carbons (Fsp3) is 0.548. The van der Waals surface area contributed by atoms with Crippen LogP contribution in [0.1, 0.15) is 345 Å². The largest absolute Gasteiger partial charge is 0.0654 e. The predicted octanol–water partition coefficient (Wildman–Crippen LogP) is 30.0. The van der Waals surface area contributed by atoms with Crippen molar-refractivity contribution in [2.45, 2.75) is 327 Å². The molecule has 0 saturated carbocycles. The molecule has 0 unspecified atom stereocenters. The number of hydrogen-bond acceptors (Lipinski definition) is 0. The van der Waals surface area contributed by atoms with E-state index in [9.17, 15) is 0 Å². The van der Waals surface area contributed by atoms with Crippen LogP contribution in [0.2, 0.25) is 0 Å². The highest BCUT2D eigenvalue weighted by Crippen LogP contribution is 2.62. The second-order valence-electron chi connectivity index (χ2n) is 30.0. The summed E-state index contributed by atoms with van der Waals surface area (Å²) in [7, 11) is 0. The molecule has 7 aromatic carbocycles. The second-order valence-corrected chi connectivity index (χ2v) is 30.0. The van der Waals surface area contributed by atoms with Gasteiger partial charge in [-0.1, -0.05) is 400 Å². The lowest BCUT2D eigenvalue weighted by Crippen LogP contribution is -2.27. The topological polar surface area (TPSA) is 0 Å². The van der Waals surface area contributed by atoms with Crippen LogP contribution < -0.4 is 0 Å². The lowest BCUT2D eigenvalue weighted by atomic mass is 9.67. The van der Waals surface area contributed by atoms with E-state index in [0.29, 0.717) is 0 Å². The van der Waals surface area contributed by atoms with E-state index in [1.165, 1.54) is 336 Å². The Morgan fingerprint density at radius 1 is 0.183 bits per heavy atom. The molecular weight excluding hydrogens is 1120 g/mol. The van der Waals surface area contributed by atoms with Gasteiger partial charge in [-0.05, 0) is 157 Å². The van der Waals surface area contributed by atoms with Crippen molar-refractivity contribution >= 4 is 0 Å². The number of unbranched alkanes of at least 4 members (excludes halogenated alkanes) is 30. The average molecular weight is 1240 g/mol. The van der Waals surface area contributed by atoms with E-state index in [1.54, 1.807) is 33.4 Å². The van der Waals surface area contributed by atoms with Crippen LogP contribution in [-0.4, -0.2) is 0 Å². The third-order valence-electron chi connectivity index (χ3n) is 23.4. The van der Waals surface area contributed by atoms with E-state index >= 15 is 0 Å². The SMILES string of the molecule is CCCCCCCCC1(CCCCCCCC)c2ccccc2-c2cccc(-c3cc(-c4cccc5c4C(CCCCCCCC)(CCCCCCCC)c4ccccc4-5)cc(-c4cccc5c4C(CCCCCCCC)(CCCCCCCC)c4ccccc4-5)c3)c21. The molecule has 0 amide bonds. The molecule has 0 fully saturated rings. The maximum Gasteiger partial charge on any atom is 0.0221 e. The monoisotopic (exact) mass is 1240 g/mol. The summed E-state index contributed by atoms with van der Waals surface area (Å²) in [5.74, 6) is 0. The van der Waals surface area contributed by atoms with Crippen molar-refractivity contribution in [2.24, 2.45) is 0 Å². The summed E-state index contributed by atoms with van der Waals surface area (Å²) in [5.41, 5.74) is 27.2. The highest BCUT2D eigenvalue weighted by molar-refractivity contribution is 5.96. The van der Waals surface area contributed by atoms with Gasteiger partial charge in [0.1, 0.15) is 0 Å². The molecule has 93 heavy (non-hydrogen) atoms. The van der Waals surface area contributed by atoms with Crippen molar-refractivity contribution in [2.75, 3.05) is 0 Å². The smallest absolute Gasteiger partial charge is 0.0221 e. The first kappa shape index (κ1) is 70.3. The van der Waals surface area contributed by atoms with Crippen LogP contribution in [0, 0.1) is 0 Å². The molecule has 7 aromatic rings. The van der Waals surface area contributed by atoms with Gasteiger partial charge in [0.05, 0.1) is 0 Å². The molecule has 0 saturated heterocycles. The third kappa shape index (κ3) is 16.2. The molecule has 498 valence electrons. The van der Waals surface area contributed by atoms with Crippen LogP contribution in [0.4, 0.5) is 0 Å². The van der Waals surface area contributed by atoms with E-state index in [2.05, 4.69) is 187 Å². The molecule has 0 N–H and O–H groups in total. The summed E-state index contributed by atoms with van der Waals surface area (Å²) in [6.45, 7) is 14.2. The van der Waals surface area contributed by atoms with Crippen LogP contribution in [0.15, 0.2) is 146 Å². The Hall–Kier alpha value is -5.46. The Balaban J connectivity index is 1.22. The van der Waals surface area contributed by atoms with E-state index in [0.717, 1.165) is 0 Å². The number of rotatable bonds is 45. The first-order valence-corrected chi connectivity index (χ1v) is 39.8. The summed E-state index contributed by atoms with van der Waals surface area (Å²) in [6.07, 6.45) is 55.0. The van der Waals surface area contributed by atoms with Gasteiger partial charge in [0, 0.05) is 16.2 Å². The summed E-state index contributed by atoms with van der Waals surface area (Å²) in [5, 5.41) is 0. The van der Waals surface area contributed by atoms with Crippen molar-refractivity contribution in [1.29, 1.82) is 0 Å². The van der Waals surface area contributed by atoms with Gasteiger partial charge in [-0.3, -0.25) is 0 Å². The van der Waals surface area contributed by atoms with Gasteiger partial charge in [-0.2, -0.15) is 0 Å². The highest BCUT2D eigenvalue weighted by Gasteiger charge is 2.47. The van der Waals surface area contributed by atoms with E-state index < -0.39 is 0 Å². The zero-order chi connectivity index (χ0) is 64.6. The summed E-state index contributed by atoms with van der Waals surface area (Å²) >= 11 is 0. The van der Waals surface area contributed by atoms with Gasteiger partial charge in [-0.15, -0.1) is 0 Å². The third-order valence-corrected chi connectivity index (χ3v) is 23.4. The summed E-state index contributed by atoms with van der Waals surface area (Å²) in [4.78, 5) is 0. The maximum absolute atomic E-state index is 2.75. The zero-order valence-electron chi connectivity index (χ0n) is 60.1. The predicted molar refractivity (Wildman–Crippen MR) is 409 cm³/mol. The molecular formula is C93H126. The van der Waals surface area contributed by atoms with Gasteiger partial charge in [0.2, 0.25) is 0 Å². The quantitative estimate of drug-likeness (QED) is 0.0334. The zero-order valence-corrected chi connectivity index (χ0v) is 60.1. The Labute approximate surface area is 569 Å². The van der Waals surface area contributed by atoms with Crippen LogP contribution in [0.5, 0.6) is 0 Å². The van der Waals surface area contributed by atoms with Crippen molar-refractivity contribution < 1.29 is 0 Å². The number of hydrogen-bond donors (Lipinski definition) is 0. The minimum atomic E-state index is -0.0493. The van der Waals surface area contributed by atoms with Gasteiger partial charge in [-0.25, -0.2) is 0 Å². The lowest BCUT2D eigenvalue weighted by molar-refractivity contribution is 0.398. The standard InChI is InChI=1S/C93H126/c1-7-13-19-25-31-43-64-91(65-44-32-26-20-14-8-2)85-61-40-37-52-79(85)82-58-49-55-76(88(82)91)73-70-74(77-56-50-59-83-80-53-38-41-62-86(80)92(89(77)83,66-45-33-27-21-15-9-3)67-46-34-28-22-16-10-4)72-75(71-73)78-57-51-60-84-81-54-39-42-63-87(81)93(90(78)84,68-47-35-29-23-17-11-5)69-48-36-30-24-18-12-6/h37-42,49-63,70-72H,7-36,43-48,64-69H2,1-6H3. The number of fused-ring (bicyclic) bond motifs is 9. The minimum Gasteiger partial charge on any atom is -0.0654 e. The minimum absolute atomic E-state index is 0.0493.